The molecular formula is C17H26N4O5S. The van der Waals surface area contributed by atoms with E-state index in [0.29, 0.717) is 18.7 Å². The van der Waals surface area contributed by atoms with E-state index in [1.54, 1.807) is 6.92 Å². The standard InChI is InChI=1S/C17H26N4O5S/c1-4-14(3)18-17(22)12-19-7-9-20(10-8-19)27(25,26)15-6-5-13(2)16(11-15)21(23)24/h5-6,11,14H,4,7-10,12H2,1-3H3,(H,18,22). The summed E-state index contributed by atoms with van der Waals surface area (Å²) < 4.78 is 26.9. The van der Waals surface area contributed by atoms with E-state index in [0.717, 1.165) is 12.5 Å². The smallest absolute Gasteiger partial charge is 0.273 e. The van der Waals surface area contributed by atoms with Crippen LogP contribution in [0, 0.1) is 17.0 Å². The number of hydrogen-bond acceptors (Lipinski definition) is 6. The summed E-state index contributed by atoms with van der Waals surface area (Å²) in [6.45, 7) is 7.06. The van der Waals surface area contributed by atoms with Gasteiger partial charge in [-0.2, -0.15) is 4.31 Å². The van der Waals surface area contributed by atoms with Crippen LogP contribution in [0.2, 0.25) is 0 Å². The summed E-state index contributed by atoms with van der Waals surface area (Å²) in [7, 11) is -3.81. The van der Waals surface area contributed by atoms with Crippen molar-refractivity contribution in [3.8, 4) is 0 Å². The minimum atomic E-state index is -3.81. The maximum Gasteiger partial charge on any atom is 0.273 e. The molecule has 0 bridgehead atoms. The van der Waals surface area contributed by atoms with Crippen molar-refractivity contribution in [3.05, 3.63) is 33.9 Å². The Morgan fingerprint density at radius 2 is 1.93 bits per heavy atom. The van der Waals surface area contributed by atoms with Crippen LogP contribution < -0.4 is 5.32 Å². The molecular weight excluding hydrogens is 372 g/mol. The fraction of sp³-hybridized carbons (Fsp3) is 0.588. The van der Waals surface area contributed by atoms with Gasteiger partial charge in [0.2, 0.25) is 15.9 Å². The van der Waals surface area contributed by atoms with Crippen LogP contribution in [0.25, 0.3) is 0 Å². The Morgan fingerprint density at radius 1 is 1.30 bits per heavy atom. The first-order valence-electron chi connectivity index (χ1n) is 8.92. The first-order valence-corrected chi connectivity index (χ1v) is 10.4. The van der Waals surface area contributed by atoms with Crippen LogP contribution in [0.15, 0.2) is 23.1 Å². The van der Waals surface area contributed by atoms with E-state index in [4.69, 9.17) is 0 Å². The number of nitro groups is 1. The summed E-state index contributed by atoms with van der Waals surface area (Å²) in [6.07, 6.45) is 0.848. The molecule has 1 aliphatic heterocycles. The molecule has 150 valence electrons. The van der Waals surface area contributed by atoms with E-state index in [9.17, 15) is 23.3 Å². The van der Waals surface area contributed by atoms with Crippen molar-refractivity contribution in [1.82, 2.24) is 14.5 Å². The number of hydrogen-bond donors (Lipinski definition) is 1. The van der Waals surface area contributed by atoms with Crippen LogP contribution in [-0.4, -0.2) is 67.2 Å². The van der Waals surface area contributed by atoms with Gasteiger partial charge in [-0.1, -0.05) is 13.0 Å². The molecule has 1 heterocycles. The second kappa shape index (κ2) is 8.77. The van der Waals surface area contributed by atoms with Crippen molar-refractivity contribution in [2.45, 2.75) is 38.1 Å². The van der Waals surface area contributed by atoms with Gasteiger partial charge >= 0.3 is 0 Å². The number of nitrogens with zero attached hydrogens (tertiary/aromatic N) is 3. The van der Waals surface area contributed by atoms with Crippen molar-refractivity contribution in [1.29, 1.82) is 0 Å². The largest absolute Gasteiger partial charge is 0.353 e. The Labute approximate surface area is 159 Å². The minimum absolute atomic E-state index is 0.0742. The molecule has 2 rings (SSSR count). The highest BCUT2D eigenvalue weighted by Crippen LogP contribution is 2.25. The van der Waals surface area contributed by atoms with Gasteiger partial charge in [0, 0.05) is 43.9 Å². The Hall–Kier alpha value is -2.04. The molecule has 1 atom stereocenters. The molecule has 9 nitrogen and oxygen atoms in total. The molecule has 10 heteroatoms. The van der Waals surface area contributed by atoms with E-state index in [2.05, 4.69) is 5.32 Å². The number of benzene rings is 1. The van der Waals surface area contributed by atoms with Crippen molar-refractivity contribution in [2.24, 2.45) is 0 Å². The van der Waals surface area contributed by atoms with E-state index in [1.165, 1.54) is 16.4 Å². The number of carbonyl (C=O) groups is 1. The molecule has 1 amide bonds. The lowest BCUT2D eigenvalue weighted by molar-refractivity contribution is -0.385. The zero-order valence-corrected chi connectivity index (χ0v) is 16.7. The van der Waals surface area contributed by atoms with Crippen LogP contribution in [0.4, 0.5) is 5.69 Å². The van der Waals surface area contributed by atoms with Crippen molar-refractivity contribution >= 4 is 21.6 Å². The molecule has 1 unspecified atom stereocenters. The molecule has 27 heavy (non-hydrogen) atoms. The van der Waals surface area contributed by atoms with E-state index >= 15 is 0 Å². The summed E-state index contributed by atoms with van der Waals surface area (Å²) in [5, 5.41) is 14.0. The first-order chi connectivity index (χ1) is 12.6. The molecule has 0 radical (unpaired) electrons. The van der Waals surface area contributed by atoms with Gasteiger partial charge in [0.15, 0.2) is 0 Å². The summed E-state index contributed by atoms with van der Waals surface area (Å²) in [6, 6.07) is 4.05. The fourth-order valence-electron chi connectivity index (χ4n) is 2.85. The number of aryl methyl sites for hydroxylation is 1. The van der Waals surface area contributed by atoms with Gasteiger partial charge < -0.3 is 5.32 Å². The molecule has 0 aliphatic carbocycles. The van der Waals surface area contributed by atoms with Gasteiger partial charge in [0.25, 0.3) is 5.69 Å². The first kappa shape index (κ1) is 21.3. The SMILES string of the molecule is CCC(C)NC(=O)CN1CCN(S(=O)(=O)c2ccc(C)c([N+](=O)[O-])c2)CC1. The Kier molecular flexibility index (Phi) is 6.90. The van der Waals surface area contributed by atoms with Crippen LogP contribution in [0.1, 0.15) is 25.8 Å². The van der Waals surface area contributed by atoms with Crippen LogP contribution in [0.3, 0.4) is 0 Å². The molecule has 1 saturated heterocycles. The maximum atomic E-state index is 12.8. The van der Waals surface area contributed by atoms with Gasteiger partial charge in [0.1, 0.15) is 0 Å². The summed E-state index contributed by atoms with van der Waals surface area (Å²) in [5.41, 5.74) is 0.201. The highest BCUT2D eigenvalue weighted by molar-refractivity contribution is 7.89. The molecule has 1 N–H and O–H groups in total. The molecule has 0 saturated carbocycles. The highest BCUT2D eigenvalue weighted by atomic mass is 32.2. The number of nitro benzene ring substituents is 1. The molecule has 0 spiro atoms. The lowest BCUT2D eigenvalue weighted by Crippen LogP contribution is -2.51. The average Bonchev–Trinajstić information content (AvgIpc) is 2.61. The van der Waals surface area contributed by atoms with E-state index < -0.39 is 14.9 Å². The topological polar surface area (TPSA) is 113 Å². The molecule has 1 aromatic rings. The van der Waals surface area contributed by atoms with Gasteiger partial charge in [-0.15, -0.1) is 0 Å². The average molecular weight is 398 g/mol. The van der Waals surface area contributed by atoms with Crippen LogP contribution in [-0.2, 0) is 14.8 Å². The normalized spacial score (nSPS) is 17.4. The second-order valence-electron chi connectivity index (χ2n) is 6.76. The van der Waals surface area contributed by atoms with Crippen molar-refractivity contribution in [3.63, 3.8) is 0 Å². The summed E-state index contributed by atoms with van der Waals surface area (Å²) in [4.78, 5) is 24.3. The number of carbonyl (C=O) groups excluding carboxylic acids is 1. The third-order valence-electron chi connectivity index (χ3n) is 4.73. The number of rotatable bonds is 7. The molecule has 1 aliphatic rings. The summed E-state index contributed by atoms with van der Waals surface area (Å²) in [5.74, 6) is -0.0742. The lowest BCUT2D eigenvalue weighted by Gasteiger charge is -2.33. The van der Waals surface area contributed by atoms with E-state index in [1.807, 2.05) is 18.7 Å². The minimum Gasteiger partial charge on any atom is -0.353 e. The van der Waals surface area contributed by atoms with Crippen LogP contribution in [0.5, 0.6) is 0 Å². The Bertz CT molecular complexity index is 804. The van der Waals surface area contributed by atoms with Gasteiger partial charge in [-0.05, 0) is 26.3 Å². The van der Waals surface area contributed by atoms with Crippen molar-refractivity contribution < 1.29 is 18.1 Å². The maximum absolute atomic E-state index is 12.8. The number of sulfonamides is 1. The van der Waals surface area contributed by atoms with Crippen molar-refractivity contribution in [2.75, 3.05) is 32.7 Å². The number of amides is 1. The monoisotopic (exact) mass is 398 g/mol. The van der Waals surface area contributed by atoms with Gasteiger partial charge in [0.05, 0.1) is 16.4 Å². The van der Waals surface area contributed by atoms with Crippen LogP contribution >= 0.6 is 0 Å². The quantitative estimate of drug-likeness (QED) is 0.544. The van der Waals surface area contributed by atoms with Gasteiger partial charge in [-0.3, -0.25) is 19.8 Å². The zero-order chi connectivity index (χ0) is 20.2. The lowest BCUT2D eigenvalue weighted by atomic mass is 10.2. The predicted octanol–water partition coefficient (Wildman–Crippen LogP) is 1.12. The summed E-state index contributed by atoms with van der Waals surface area (Å²) >= 11 is 0. The second-order valence-corrected chi connectivity index (χ2v) is 8.70. The Morgan fingerprint density at radius 3 is 2.48 bits per heavy atom. The third kappa shape index (κ3) is 5.24. The zero-order valence-electron chi connectivity index (χ0n) is 15.8. The van der Waals surface area contributed by atoms with Gasteiger partial charge in [-0.25, -0.2) is 8.42 Å². The predicted molar refractivity (Wildman–Crippen MR) is 101 cm³/mol. The third-order valence-corrected chi connectivity index (χ3v) is 6.63. The molecule has 1 aromatic carbocycles. The molecule has 0 aromatic heterocycles. The highest BCUT2D eigenvalue weighted by Gasteiger charge is 2.30. The Balaban J connectivity index is 2.01. The fourth-order valence-corrected chi connectivity index (χ4v) is 4.29. The molecule has 1 fully saturated rings. The van der Waals surface area contributed by atoms with E-state index in [-0.39, 0.29) is 42.2 Å². The number of nitrogens with one attached hydrogen (secondary N) is 1. The number of piperazine rings is 1.